The Morgan fingerprint density at radius 1 is 1.14 bits per heavy atom. The first-order valence-electron chi connectivity index (χ1n) is 7.80. The largest absolute Gasteiger partial charge is 0.351 e. The van der Waals surface area contributed by atoms with Crippen molar-refractivity contribution in [2.24, 2.45) is 0 Å². The summed E-state index contributed by atoms with van der Waals surface area (Å²) >= 11 is 0. The van der Waals surface area contributed by atoms with Gasteiger partial charge in [-0.1, -0.05) is 30.3 Å². The third-order valence-electron chi connectivity index (χ3n) is 4.19. The number of ketones is 1. The number of likely N-dealkylation sites (tertiary alicyclic amines) is 1. The lowest BCUT2D eigenvalue weighted by atomic mass is 10.1. The van der Waals surface area contributed by atoms with Gasteiger partial charge < -0.3 is 10.2 Å². The Morgan fingerprint density at radius 2 is 1.86 bits per heavy atom. The molecule has 0 unspecified atom stereocenters. The topological polar surface area (TPSA) is 66.5 Å². The molecule has 0 aromatic heterocycles. The van der Waals surface area contributed by atoms with Gasteiger partial charge in [-0.25, -0.2) is 0 Å². The number of carbonyl (C=O) groups excluding carboxylic acids is 3. The Morgan fingerprint density at radius 3 is 2.55 bits per heavy atom. The predicted octanol–water partition coefficient (Wildman–Crippen LogP) is 1.53. The molecule has 5 heteroatoms. The zero-order valence-corrected chi connectivity index (χ0v) is 12.5. The van der Waals surface area contributed by atoms with E-state index in [1.54, 1.807) is 12.1 Å². The minimum atomic E-state index is -0.153. The second-order valence-corrected chi connectivity index (χ2v) is 6.04. The van der Waals surface area contributed by atoms with E-state index in [-0.39, 0.29) is 36.5 Å². The van der Waals surface area contributed by atoms with E-state index in [1.807, 2.05) is 23.1 Å². The van der Waals surface area contributed by atoms with Gasteiger partial charge in [0, 0.05) is 37.4 Å². The van der Waals surface area contributed by atoms with Gasteiger partial charge in [-0.2, -0.15) is 0 Å². The van der Waals surface area contributed by atoms with Crippen molar-refractivity contribution in [3.63, 3.8) is 0 Å². The lowest BCUT2D eigenvalue weighted by Gasteiger charge is -2.16. The number of benzene rings is 1. The Kier molecular flexibility index (Phi) is 4.22. The average Bonchev–Trinajstić information content (AvgIpc) is 3.30. The Balaban J connectivity index is 1.43. The molecular weight excluding hydrogens is 280 g/mol. The first-order chi connectivity index (χ1) is 10.6. The summed E-state index contributed by atoms with van der Waals surface area (Å²) in [6.07, 6.45) is 2.91. The van der Waals surface area contributed by atoms with Crippen LogP contribution in [0.4, 0.5) is 0 Å². The maximum absolute atomic E-state index is 11.9. The van der Waals surface area contributed by atoms with Crippen LogP contribution in [0.15, 0.2) is 30.3 Å². The van der Waals surface area contributed by atoms with Crippen LogP contribution in [0.25, 0.3) is 0 Å². The molecule has 3 rings (SSSR count). The molecule has 1 atom stereocenters. The summed E-state index contributed by atoms with van der Waals surface area (Å²) in [7, 11) is 0. The maximum Gasteiger partial charge on any atom is 0.225 e. The first kappa shape index (κ1) is 14.8. The van der Waals surface area contributed by atoms with Gasteiger partial charge in [-0.05, 0) is 12.8 Å². The smallest absolute Gasteiger partial charge is 0.225 e. The molecule has 2 amide bonds. The molecule has 5 nitrogen and oxygen atoms in total. The van der Waals surface area contributed by atoms with Gasteiger partial charge in [0.15, 0.2) is 5.78 Å². The highest BCUT2D eigenvalue weighted by atomic mass is 16.2. The molecule has 0 radical (unpaired) electrons. The van der Waals surface area contributed by atoms with E-state index in [1.165, 1.54) is 0 Å². The fraction of sp³-hybridized carbons (Fsp3) is 0.471. The van der Waals surface area contributed by atoms with Gasteiger partial charge >= 0.3 is 0 Å². The van der Waals surface area contributed by atoms with E-state index in [2.05, 4.69) is 5.32 Å². The number of hydrogen-bond acceptors (Lipinski definition) is 3. The summed E-state index contributed by atoms with van der Waals surface area (Å²) < 4.78 is 0. The maximum atomic E-state index is 11.9. The first-order valence-corrected chi connectivity index (χ1v) is 7.80. The second kappa shape index (κ2) is 6.30. The highest BCUT2D eigenvalue weighted by Gasteiger charge is 2.39. The van der Waals surface area contributed by atoms with Crippen molar-refractivity contribution in [2.75, 3.05) is 6.54 Å². The number of hydrogen-bond donors (Lipinski definition) is 1. The normalized spacial score (nSPS) is 21.0. The lowest BCUT2D eigenvalue weighted by molar-refractivity contribution is -0.128. The number of rotatable bonds is 6. The van der Waals surface area contributed by atoms with E-state index < -0.39 is 0 Å². The fourth-order valence-corrected chi connectivity index (χ4v) is 2.86. The van der Waals surface area contributed by atoms with Crippen molar-refractivity contribution >= 4 is 17.6 Å². The zero-order valence-electron chi connectivity index (χ0n) is 12.5. The summed E-state index contributed by atoms with van der Waals surface area (Å²) in [4.78, 5) is 37.6. The third-order valence-corrected chi connectivity index (χ3v) is 4.19. The van der Waals surface area contributed by atoms with Gasteiger partial charge in [0.2, 0.25) is 11.8 Å². The molecular formula is C17H20N2O3. The van der Waals surface area contributed by atoms with E-state index in [4.69, 9.17) is 0 Å². The van der Waals surface area contributed by atoms with Crippen LogP contribution >= 0.6 is 0 Å². The summed E-state index contributed by atoms with van der Waals surface area (Å²) in [6, 6.07) is 9.27. The number of Topliss-reactive ketones (excluding diaryl/α,β-unsaturated/α-hetero) is 1. The molecule has 22 heavy (non-hydrogen) atoms. The molecule has 1 aliphatic heterocycles. The van der Waals surface area contributed by atoms with Gasteiger partial charge in [0.25, 0.3) is 0 Å². The van der Waals surface area contributed by atoms with Crippen molar-refractivity contribution in [3.8, 4) is 0 Å². The van der Waals surface area contributed by atoms with Crippen LogP contribution in [-0.2, 0) is 9.59 Å². The molecule has 2 fully saturated rings. The average molecular weight is 300 g/mol. The predicted molar refractivity (Wildman–Crippen MR) is 81.3 cm³/mol. The van der Waals surface area contributed by atoms with Crippen molar-refractivity contribution in [1.29, 1.82) is 0 Å². The standard InChI is InChI=1S/C17H20N2O3/c20-15(12-4-2-1-3-5-12)8-9-16(21)18-13-10-17(22)19(11-13)14-6-7-14/h1-5,13-14H,6-11H2,(H,18,21)/t13-/m0/s1. The van der Waals surface area contributed by atoms with Crippen LogP contribution in [0.5, 0.6) is 0 Å². The summed E-state index contributed by atoms with van der Waals surface area (Å²) in [6.45, 7) is 0.613. The van der Waals surface area contributed by atoms with E-state index in [0.29, 0.717) is 24.6 Å². The fourth-order valence-electron chi connectivity index (χ4n) is 2.86. The number of carbonyl (C=O) groups is 3. The summed E-state index contributed by atoms with van der Waals surface area (Å²) in [5.41, 5.74) is 0.631. The van der Waals surface area contributed by atoms with Gasteiger partial charge in [0.05, 0.1) is 6.04 Å². The zero-order chi connectivity index (χ0) is 15.5. The van der Waals surface area contributed by atoms with Crippen molar-refractivity contribution in [1.82, 2.24) is 10.2 Å². The second-order valence-electron chi connectivity index (χ2n) is 6.04. The quantitative estimate of drug-likeness (QED) is 0.810. The molecule has 0 bridgehead atoms. The third kappa shape index (κ3) is 3.53. The molecule has 2 aliphatic rings. The van der Waals surface area contributed by atoms with Gasteiger partial charge in [0.1, 0.15) is 0 Å². The van der Waals surface area contributed by atoms with Crippen LogP contribution in [-0.4, -0.2) is 41.1 Å². The van der Waals surface area contributed by atoms with Gasteiger partial charge in [-0.3, -0.25) is 14.4 Å². The molecule has 1 saturated heterocycles. The number of nitrogens with zero attached hydrogens (tertiary/aromatic N) is 1. The Labute approximate surface area is 129 Å². The van der Waals surface area contributed by atoms with Crippen LogP contribution in [0.2, 0.25) is 0 Å². The Bertz CT molecular complexity index is 581. The minimum absolute atomic E-state index is 0.0298. The van der Waals surface area contributed by atoms with Crippen molar-refractivity contribution < 1.29 is 14.4 Å². The van der Waals surface area contributed by atoms with Crippen LogP contribution in [0, 0.1) is 0 Å². The molecule has 1 aromatic carbocycles. The highest BCUT2D eigenvalue weighted by molar-refractivity contribution is 5.98. The summed E-state index contributed by atoms with van der Waals surface area (Å²) in [5, 5.41) is 2.88. The molecule has 1 heterocycles. The van der Waals surface area contributed by atoms with Crippen LogP contribution in [0.1, 0.15) is 42.5 Å². The van der Waals surface area contributed by atoms with E-state index >= 15 is 0 Å². The monoisotopic (exact) mass is 300 g/mol. The van der Waals surface area contributed by atoms with E-state index in [0.717, 1.165) is 12.8 Å². The van der Waals surface area contributed by atoms with Crippen molar-refractivity contribution in [2.45, 2.75) is 44.2 Å². The molecule has 116 valence electrons. The molecule has 1 N–H and O–H groups in total. The molecule has 0 spiro atoms. The minimum Gasteiger partial charge on any atom is -0.351 e. The Hall–Kier alpha value is -2.17. The summed E-state index contributed by atoms with van der Waals surface area (Å²) in [5.74, 6) is -0.0502. The molecule has 1 aromatic rings. The molecule has 1 saturated carbocycles. The van der Waals surface area contributed by atoms with Crippen molar-refractivity contribution in [3.05, 3.63) is 35.9 Å². The van der Waals surface area contributed by atoms with E-state index in [9.17, 15) is 14.4 Å². The number of nitrogens with one attached hydrogen (secondary N) is 1. The van der Waals surface area contributed by atoms with Crippen LogP contribution in [0.3, 0.4) is 0 Å². The van der Waals surface area contributed by atoms with Gasteiger partial charge in [-0.15, -0.1) is 0 Å². The lowest BCUT2D eigenvalue weighted by Crippen LogP contribution is -2.37. The van der Waals surface area contributed by atoms with Crippen LogP contribution < -0.4 is 5.32 Å². The molecule has 1 aliphatic carbocycles. The highest BCUT2D eigenvalue weighted by Crippen LogP contribution is 2.30. The number of amides is 2. The SMILES string of the molecule is O=C(CCC(=O)c1ccccc1)N[C@H]1CC(=O)N(C2CC2)C1.